The maximum absolute atomic E-state index is 11.9. The lowest BCUT2D eigenvalue weighted by Crippen LogP contribution is -2.34. The van der Waals surface area contributed by atoms with Crippen molar-refractivity contribution < 1.29 is 9.90 Å². The molecule has 1 amide bonds. The van der Waals surface area contributed by atoms with Gasteiger partial charge in [-0.25, -0.2) is 0 Å². The van der Waals surface area contributed by atoms with Gasteiger partial charge in [0, 0.05) is 11.7 Å². The number of nitrogens with zero attached hydrogens (tertiary/aromatic N) is 1. The number of hydrogen-bond donors (Lipinski definition) is 2. The number of rotatable bonds is 5. The van der Waals surface area contributed by atoms with Gasteiger partial charge < -0.3 is 10.4 Å². The molecule has 0 aliphatic heterocycles. The maximum atomic E-state index is 11.9. The Kier molecular flexibility index (Phi) is 5.31. The lowest BCUT2D eigenvalue weighted by atomic mass is 10.1. The number of nitrogens with one attached hydrogen (secondary N) is 1. The van der Waals surface area contributed by atoms with Gasteiger partial charge in [0.1, 0.15) is 0 Å². The SMILES string of the molecule is Cc1ccc(CO)cc1NC(=O)CN(C)C(C)C. The molecular weight excluding hydrogens is 228 g/mol. The highest BCUT2D eigenvalue weighted by molar-refractivity contribution is 5.93. The van der Waals surface area contributed by atoms with Crippen LogP contribution in [0.3, 0.4) is 0 Å². The van der Waals surface area contributed by atoms with Crippen LogP contribution in [0.25, 0.3) is 0 Å². The summed E-state index contributed by atoms with van der Waals surface area (Å²) in [6.07, 6.45) is 0. The zero-order valence-electron chi connectivity index (χ0n) is 11.5. The molecule has 0 aliphatic carbocycles. The standard InChI is InChI=1S/C14H22N2O2/c1-10(2)16(4)8-14(18)15-13-7-12(9-17)6-5-11(13)3/h5-7,10,17H,8-9H2,1-4H3,(H,15,18). The van der Waals surface area contributed by atoms with Crippen molar-refractivity contribution in [1.82, 2.24) is 4.90 Å². The zero-order chi connectivity index (χ0) is 13.7. The van der Waals surface area contributed by atoms with E-state index in [1.165, 1.54) is 0 Å². The molecule has 18 heavy (non-hydrogen) atoms. The summed E-state index contributed by atoms with van der Waals surface area (Å²) >= 11 is 0. The minimum Gasteiger partial charge on any atom is -0.392 e. The third kappa shape index (κ3) is 4.13. The molecule has 0 unspecified atom stereocenters. The number of aliphatic hydroxyl groups is 1. The molecule has 0 heterocycles. The van der Waals surface area contributed by atoms with Crippen LogP contribution in [-0.4, -0.2) is 35.5 Å². The average Bonchev–Trinajstić information content (AvgIpc) is 2.31. The van der Waals surface area contributed by atoms with Crippen molar-refractivity contribution in [2.24, 2.45) is 0 Å². The third-order valence-corrected chi connectivity index (χ3v) is 3.03. The number of amides is 1. The van der Waals surface area contributed by atoms with Gasteiger partial charge in [0.15, 0.2) is 0 Å². The number of aryl methyl sites for hydroxylation is 1. The number of carbonyl (C=O) groups excluding carboxylic acids is 1. The van der Waals surface area contributed by atoms with Crippen LogP contribution in [-0.2, 0) is 11.4 Å². The van der Waals surface area contributed by atoms with Crippen molar-refractivity contribution in [1.29, 1.82) is 0 Å². The summed E-state index contributed by atoms with van der Waals surface area (Å²) in [4.78, 5) is 13.8. The molecule has 0 saturated carbocycles. The molecule has 0 spiro atoms. The van der Waals surface area contributed by atoms with Crippen LogP contribution in [0, 0.1) is 6.92 Å². The van der Waals surface area contributed by atoms with Crippen molar-refractivity contribution >= 4 is 11.6 Å². The Labute approximate surface area is 109 Å². The van der Waals surface area contributed by atoms with Crippen LogP contribution in [0.5, 0.6) is 0 Å². The highest BCUT2D eigenvalue weighted by Gasteiger charge is 2.10. The first-order chi connectivity index (χ1) is 8.43. The van der Waals surface area contributed by atoms with Crippen molar-refractivity contribution in [2.75, 3.05) is 18.9 Å². The van der Waals surface area contributed by atoms with E-state index in [-0.39, 0.29) is 12.5 Å². The van der Waals surface area contributed by atoms with E-state index >= 15 is 0 Å². The fourth-order valence-corrected chi connectivity index (χ4v) is 1.50. The van der Waals surface area contributed by atoms with E-state index in [2.05, 4.69) is 5.32 Å². The maximum Gasteiger partial charge on any atom is 0.238 e. The monoisotopic (exact) mass is 250 g/mol. The molecule has 2 N–H and O–H groups in total. The zero-order valence-corrected chi connectivity index (χ0v) is 11.5. The number of carbonyl (C=O) groups is 1. The summed E-state index contributed by atoms with van der Waals surface area (Å²) in [7, 11) is 1.92. The molecule has 1 rings (SSSR count). The van der Waals surface area contributed by atoms with E-state index in [0.29, 0.717) is 12.6 Å². The van der Waals surface area contributed by atoms with E-state index in [4.69, 9.17) is 5.11 Å². The summed E-state index contributed by atoms with van der Waals surface area (Å²) < 4.78 is 0. The second-order valence-electron chi connectivity index (χ2n) is 4.86. The second kappa shape index (κ2) is 6.52. The van der Waals surface area contributed by atoms with Crippen LogP contribution in [0.2, 0.25) is 0 Å². The molecule has 0 fully saturated rings. The van der Waals surface area contributed by atoms with Gasteiger partial charge in [0.25, 0.3) is 0 Å². The van der Waals surface area contributed by atoms with E-state index < -0.39 is 0 Å². The molecule has 1 aromatic carbocycles. The van der Waals surface area contributed by atoms with Crippen molar-refractivity contribution in [3.8, 4) is 0 Å². The lowest BCUT2D eigenvalue weighted by Gasteiger charge is -2.20. The normalized spacial score (nSPS) is 11.1. The summed E-state index contributed by atoms with van der Waals surface area (Å²) in [5.74, 6) is -0.0376. The molecule has 4 heteroatoms. The molecule has 1 aromatic rings. The van der Waals surface area contributed by atoms with E-state index in [0.717, 1.165) is 16.8 Å². The Bertz CT molecular complexity index is 416. The van der Waals surface area contributed by atoms with Crippen molar-refractivity contribution in [3.63, 3.8) is 0 Å². The number of aliphatic hydroxyl groups excluding tert-OH is 1. The predicted octanol–water partition coefficient (Wildman–Crippen LogP) is 1.77. The fraction of sp³-hybridized carbons (Fsp3) is 0.500. The minimum absolute atomic E-state index is 0.0188. The van der Waals surface area contributed by atoms with E-state index in [1.807, 2.05) is 50.9 Å². The van der Waals surface area contributed by atoms with Gasteiger partial charge in [-0.05, 0) is 45.0 Å². The Morgan fingerprint density at radius 2 is 2.11 bits per heavy atom. The van der Waals surface area contributed by atoms with Gasteiger partial charge >= 0.3 is 0 Å². The molecule has 0 aliphatic rings. The summed E-state index contributed by atoms with van der Waals surface area (Å²) in [5, 5.41) is 12.0. The minimum atomic E-state index is -0.0376. The fourth-order valence-electron chi connectivity index (χ4n) is 1.50. The highest BCUT2D eigenvalue weighted by Crippen LogP contribution is 2.17. The number of anilines is 1. The number of likely N-dealkylation sites (N-methyl/N-ethyl adjacent to an activating group) is 1. The van der Waals surface area contributed by atoms with Crippen LogP contribution in [0.15, 0.2) is 18.2 Å². The number of benzene rings is 1. The Morgan fingerprint density at radius 1 is 1.44 bits per heavy atom. The molecule has 4 nitrogen and oxygen atoms in total. The Morgan fingerprint density at radius 3 is 2.67 bits per heavy atom. The first-order valence-electron chi connectivity index (χ1n) is 6.14. The van der Waals surface area contributed by atoms with Gasteiger partial charge in [-0.3, -0.25) is 9.69 Å². The molecule has 0 aromatic heterocycles. The first-order valence-corrected chi connectivity index (χ1v) is 6.14. The van der Waals surface area contributed by atoms with Crippen LogP contribution in [0.4, 0.5) is 5.69 Å². The van der Waals surface area contributed by atoms with Gasteiger partial charge in [-0.2, -0.15) is 0 Å². The molecule has 0 saturated heterocycles. The van der Waals surface area contributed by atoms with Crippen LogP contribution >= 0.6 is 0 Å². The largest absolute Gasteiger partial charge is 0.392 e. The van der Waals surface area contributed by atoms with Gasteiger partial charge in [-0.1, -0.05) is 12.1 Å². The second-order valence-corrected chi connectivity index (χ2v) is 4.86. The van der Waals surface area contributed by atoms with Crippen LogP contribution < -0.4 is 5.32 Å². The van der Waals surface area contributed by atoms with Gasteiger partial charge in [0.05, 0.1) is 13.2 Å². The molecule has 0 atom stereocenters. The molecule has 100 valence electrons. The Balaban J connectivity index is 2.69. The third-order valence-electron chi connectivity index (χ3n) is 3.03. The summed E-state index contributed by atoms with van der Waals surface area (Å²) in [6, 6.07) is 5.89. The molecule has 0 radical (unpaired) electrons. The molecule has 0 bridgehead atoms. The smallest absolute Gasteiger partial charge is 0.238 e. The quantitative estimate of drug-likeness (QED) is 0.837. The molecular formula is C14H22N2O2. The summed E-state index contributed by atoms with van der Waals surface area (Å²) in [6.45, 7) is 6.37. The highest BCUT2D eigenvalue weighted by atomic mass is 16.3. The topological polar surface area (TPSA) is 52.6 Å². The van der Waals surface area contributed by atoms with Crippen LogP contribution in [0.1, 0.15) is 25.0 Å². The van der Waals surface area contributed by atoms with Gasteiger partial charge in [0.2, 0.25) is 5.91 Å². The van der Waals surface area contributed by atoms with Crippen molar-refractivity contribution in [3.05, 3.63) is 29.3 Å². The van der Waals surface area contributed by atoms with E-state index in [9.17, 15) is 4.79 Å². The van der Waals surface area contributed by atoms with E-state index in [1.54, 1.807) is 0 Å². The van der Waals surface area contributed by atoms with Crippen molar-refractivity contribution in [2.45, 2.75) is 33.4 Å². The predicted molar refractivity (Wildman–Crippen MR) is 73.5 cm³/mol. The summed E-state index contributed by atoms with van der Waals surface area (Å²) in [5.41, 5.74) is 2.56. The average molecular weight is 250 g/mol. The number of hydrogen-bond acceptors (Lipinski definition) is 3. The van der Waals surface area contributed by atoms with Gasteiger partial charge in [-0.15, -0.1) is 0 Å². The Hall–Kier alpha value is -1.39. The first kappa shape index (κ1) is 14.7. The lowest BCUT2D eigenvalue weighted by molar-refractivity contribution is -0.117.